The Balaban J connectivity index is 1.37. The molecule has 1 saturated heterocycles. The number of carbonyl (C=O) groups is 1. The molecule has 1 heterocycles. The summed E-state index contributed by atoms with van der Waals surface area (Å²) in [6.07, 6.45) is 8.26. The number of amides is 1. The zero-order valence-corrected chi connectivity index (χ0v) is 21.5. The normalized spacial score (nSPS) is 18.3. The molecule has 4 nitrogen and oxygen atoms in total. The molecular formula is C25H25Cl2NO3S2. The van der Waals surface area contributed by atoms with Gasteiger partial charge in [0.2, 0.25) is 0 Å². The summed E-state index contributed by atoms with van der Waals surface area (Å²) in [5.74, 6) is 1.78. The van der Waals surface area contributed by atoms with Gasteiger partial charge in [-0.3, -0.25) is 9.69 Å². The Morgan fingerprint density at radius 3 is 2.45 bits per heavy atom. The molecular weight excluding hydrogens is 497 g/mol. The van der Waals surface area contributed by atoms with E-state index in [0.717, 1.165) is 5.75 Å². The third-order valence-corrected chi connectivity index (χ3v) is 7.85. The number of likely N-dealkylation sites (N-methyl/N-ethyl adjacent to an activating group) is 1. The molecule has 2 aliphatic rings. The van der Waals surface area contributed by atoms with Gasteiger partial charge in [0.1, 0.15) is 29.0 Å². The Labute approximate surface area is 214 Å². The molecule has 0 atom stereocenters. The van der Waals surface area contributed by atoms with Gasteiger partial charge >= 0.3 is 0 Å². The number of rotatable bonds is 7. The molecule has 2 fully saturated rings. The Morgan fingerprint density at radius 1 is 1.09 bits per heavy atom. The van der Waals surface area contributed by atoms with Gasteiger partial charge in [-0.05, 0) is 54.7 Å². The molecule has 0 radical (unpaired) electrons. The van der Waals surface area contributed by atoms with Crippen LogP contribution < -0.4 is 9.47 Å². The minimum atomic E-state index is -0.160. The van der Waals surface area contributed by atoms with Crippen LogP contribution in [0.5, 0.6) is 11.5 Å². The number of hydrogen-bond acceptors (Lipinski definition) is 5. The van der Waals surface area contributed by atoms with Crippen molar-refractivity contribution in [2.24, 2.45) is 0 Å². The topological polar surface area (TPSA) is 38.8 Å². The van der Waals surface area contributed by atoms with Crippen molar-refractivity contribution in [3.63, 3.8) is 0 Å². The van der Waals surface area contributed by atoms with Gasteiger partial charge in [-0.25, -0.2) is 0 Å². The second-order valence-corrected chi connectivity index (χ2v) is 10.7. The highest BCUT2D eigenvalue weighted by Crippen LogP contribution is 2.38. The van der Waals surface area contributed by atoms with Gasteiger partial charge < -0.3 is 9.47 Å². The summed E-state index contributed by atoms with van der Waals surface area (Å²) in [6.45, 7) is 0.652. The van der Waals surface area contributed by atoms with E-state index in [1.54, 1.807) is 25.3 Å². The quantitative estimate of drug-likeness (QED) is 0.216. The van der Waals surface area contributed by atoms with E-state index in [1.165, 1.54) is 54.3 Å². The Morgan fingerprint density at radius 2 is 1.79 bits per heavy atom. The van der Waals surface area contributed by atoms with E-state index in [9.17, 15) is 4.79 Å². The fraction of sp³-hybridized carbons (Fsp3) is 0.360. The molecule has 0 unspecified atom stereocenters. The molecule has 33 heavy (non-hydrogen) atoms. The van der Waals surface area contributed by atoms with Crippen molar-refractivity contribution in [3.05, 3.63) is 62.5 Å². The van der Waals surface area contributed by atoms with Crippen molar-refractivity contribution >= 4 is 63.5 Å². The lowest BCUT2D eigenvalue weighted by molar-refractivity contribution is -0.121. The summed E-state index contributed by atoms with van der Waals surface area (Å²) in [4.78, 5) is 14.3. The summed E-state index contributed by atoms with van der Waals surface area (Å²) in [6, 6.07) is 11.7. The second-order valence-electron chi connectivity index (χ2n) is 8.15. The van der Waals surface area contributed by atoms with E-state index in [0.29, 0.717) is 49.7 Å². The molecule has 1 saturated carbocycles. The predicted molar refractivity (Wildman–Crippen MR) is 141 cm³/mol. The third kappa shape index (κ3) is 6.04. The van der Waals surface area contributed by atoms with Gasteiger partial charge in [-0.15, -0.1) is 0 Å². The first-order chi connectivity index (χ1) is 15.9. The summed E-state index contributed by atoms with van der Waals surface area (Å²) in [5.41, 5.74) is 2.02. The molecule has 2 aromatic rings. The van der Waals surface area contributed by atoms with Gasteiger partial charge in [0.05, 0.1) is 9.93 Å². The number of halogens is 2. The third-order valence-electron chi connectivity index (χ3n) is 5.87. The zero-order valence-electron chi connectivity index (χ0n) is 18.3. The van der Waals surface area contributed by atoms with Crippen LogP contribution in [0.25, 0.3) is 6.08 Å². The van der Waals surface area contributed by atoms with Crippen LogP contribution in [0.4, 0.5) is 0 Å². The first kappa shape index (κ1) is 24.4. The van der Waals surface area contributed by atoms with Crippen molar-refractivity contribution in [2.45, 2.75) is 38.0 Å². The minimum absolute atomic E-state index is 0.160. The number of hydrogen-bond donors (Lipinski definition) is 0. The van der Waals surface area contributed by atoms with Gasteiger partial charge in [0, 0.05) is 17.6 Å². The van der Waals surface area contributed by atoms with E-state index < -0.39 is 0 Å². The van der Waals surface area contributed by atoms with Crippen LogP contribution in [-0.2, 0) is 4.79 Å². The van der Waals surface area contributed by atoms with Crippen molar-refractivity contribution in [2.75, 3.05) is 20.3 Å². The molecule has 1 aliphatic carbocycles. The molecule has 1 amide bonds. The second kappa shape index (κ2) is 11.1. The SMILES string of the molecule is CN1C(=O)/C(=C\c2cc(Cl)cc(Cl)c2OCCOc2ccc(C3CCCCC3)cc2)SC1=S. The van der Waals surface area contributed by atoms with Crippen molar-refractivity contribution in [1.82, 2.24) is 4.90 Å². The summed E-state index contributed by atoms with van der Waals surface area (Å²) in [5, 5.41) is 0.831. The first-order valence-electron chi connectivity index (χ1n) is 11.0. The highest BCUT2D eigenvalue weighted by Gasteiger charge is 2.29. The maximum absolute atomic E-state index is 12.4. The molecule has 0 spiro atoms. The van der Waals surface area contributed by atoms with Crippen molar-refractivity contribution in [3.8, 4) is 11.5 Å². The highest BCUT2D eigenvalue weighted by molar-refractivity contribution is 8.26. The van der Waals surface area contributed by atoms with Gasteiger partial charge in [0.25, 0.3) is 5.91 Å². The molecule has 0 bridgehead atoms. The standard InChI is InChI=1S/C25H25Cl2NO3S2/c1-28-24(29)22(33-25(28)32)14-18-13-19(26)15-21(27)23(18)31-12-11-30-20-9-7-17(8-10-20)16-5-3-2-4-6-16/h7-10,13-16H,2-6,11-12H2,1H3/b22-14+. The van der Waals surface area contributed by atoms with Gasteiger partial charge in [-0.1, -0.05) is 78.6 Å². The number of thioether (sulfide) groups is 1. The van der Waals surface area contributed by atoms with Crippen LogP contribution in [0.3, 0.4) is 0 Å². The van der Waals surface area contributed by atoms with Crippen LogP contribution in [0, 0.1) is 0 Å². The highest BCUT2D eigenvalue weighted by atomic mass is 35.5. The van der Waals surface area contributed by atoms with E-state index in [-0.39, 0.29) is 5.91 Å². The predicted octanol–water partition coefficient (Wildman–Crippen LogP) is 7.33. The molecule has 2 aromatic carbocycles. The Bertz CT molecular complexity index is 1070. The van der Waals surface area contributed by atoms with E-state index in [1.807, 2.05) is 12.1 Å². The molecule has 1 aliphatic heterocycles. The van der Waals surface area contributed by atoms with Crippen LogP contribution in [0.2, 0.25) is 10.0 Å². The largest absolute Gasteiger partial charge is 0.490 e. The smallest absolute Gasteiger partial charge is 0.265 e. The van der Waals surface area contributed by atoms with E-state index in [4.69, 9.17) is 44.9 Å². The lowest BCUT2D eigenvalue weighted by atomic mass is 9.84. The first-order valence-corrected chi connectivity index (χ1v) is 13.0. The summed E-state index contributed by atoms with van der Waals surface area (Å²) < 4.78 is 12.3. The molecule has 0 N–H and O–H groups in total. The maximum Gasteiger partial charge on any atom is 0.265 e. The number of ether oxygens (including phenoxy) is 2. The van der Waals surface area contributed by atoms with Crippen LogP contribution in [0.15, 0.2) is 41.3 Å². The van der Waals surface area contributed by atoms with Gasteiger partial charge in [0.15, 0.2) is 0 Å². The number of thiocarbonyl (C=S) groups is 1. The van der Waals surface area contributed by atoms with Crippen molar-refractivity contribution < 1.29 is 14.3 Å². The average molecular weight is 523 g/mol. The van der Waals surface area contributed by atoms with E-state index >= 15 is 0 Å². The fourth-order valence-corrected chi connectivity index (χ4v) is 5.84. The molecule has 174 valence electrons. The fourth-order valence-electron chi connectivity index (χ4n) is 4.10. The van der Waals surface area contributed by atoms with E-state index in [2.05, 4.69) is 12.1 Å². The average Bonchev–Trinajstić information content (AvgIpc) is 3.05. The Hall–Kier alpha value is -1.73. The maximum atomic E-state index is 12.4. The van der Waals surface area contributed by atoms with Gasteiger partial charge in [-0.2, -0.15) is 0 Å². The zero-order chi connectivity index (χ0) is 23.4. The monoisotopic (exact) mass is 521 g/mol. The van der Waals surface area contributed by atoms with Crippen LogP contribution >= 0.6 is 47.2 Å². The number of carbonyl (C=O) groups excluding carboxylic acids is 1. The lowest BCUT2D eigenvalue weighted by Crippen LogP contribution is -2.22. The molecule has 4 rings (SSSR count). The summed E-state index contributed by atoms with van der Waals surface area (Å²) >= 11 is 19.0. The van der Waals surface area contributed by atoms with Crippen LogP contribution in [-0.4, -0.2) is 35.4 Å². The molecule has 8 heteroatoms. The number of benzene rings is 2. The lowest BCUT2D eigenvalue weighted by Gasteiger charge is -2.22. The summed E-state index contributed by atoms with van der Waals surface area (Å²) in [7, 11) is 1.65. The molecule has 0 aromatic heterocycles. The minimum Gasteiger partial charge on any atom is -0.490 e. The van der Waals surface area contributed by atoms with Crippen molar-refractivity contribution in [1.29, 1.82) is 0 Å². The Kier molecular flexibility index (Phi) is 8.23. The van der Waals surface area contributed by atoms with Crippen LogP contribution in [0.1, 0.15) is 49.1 Å². The number of nitrogens with zero attached hydrogens (tertiary/aromatic N) is 1.